The largest absolute Gasteiger partial charge is 0.493 e. The van der Waals surface area contributed by atoms with Gasteiger partial charge in [-0.2, -0.15) is 4.31 Å². The van der Waals surface area contributed by atoms with E-state index in [9.17, 15) is 8.42 Å². The second kappa shape index (κ2) is 8.24. The first-order valence-corrected chi connectivity index (χ1v) is 12.3. The van der Waals surface area contributed by atoms with Gasteiger partial charge in [-0.05, 0) is 42.8 Å². The molecule has 4 aromatic rings. The van der Waals surface area contributed by atoms with E-state index in [0.717, 1.165) is 33.3 Å². The Kier molecular flexibility index (Phi) is 5.38. The lowest BCUT2D eigenvalue weighted by Crippen LogP contribution is -2.40. The fourth-order valence-electron chi connectivity index (χ4n) is 4.68. The third kappa shape index (κ3) is 3.57. The van der Waals surface area contributed by atoms with Gasteiger partial charge in [-0.1, -0.05) is 42.0 Å². The van der Waals surface area contributed by atoms with Crippen molar-refractivity contribution in [2.24, 2.45) is 0 Å². The van der Waals surface area contributed by atoms with Crippen molar-refractivity contribution in [2.75, 3.05) is 20.8 Å². The summed E-state index contributed by atoms with van der Waals surface area (Å²) < 4.78 is 40.3. The summed E-state index contributed by atoms with van der Waals surface area (Å²) >= 11 is 0. The molecule has 0 fully saturated rings. The van der Waals surface area contributed by atoms with Gasteiger partial charge in [-0.15, -0.1) is 0 Å². The van der Waals surface area contributed by atoms with Crippen molar-refractivity contribution in [3.05, 3.63) is 89.1 Å². The Morgan fingerprint density at radius 1 is 0.939 bits per heavy atom. The quantitative estimate of drug-likeness (QED) is 0.461. The van der Waals surface area contributed by atoms with Crippen LogP contribution in [-0.2, 0) is 16.4 Å². The number of para-hydroxylation sites is 1. The number of rotatable bonds is 5. The summed E-state index contributed by atoms with van der Waals surface area (Å²) in [4.78, 5) is 3.80. The zero-order chi connectivity index (χ0) is 23.2. The second-order valence-electron chi connectivity index (χ2n) is 8.26. The standard InChI is InChI=1S/C26H26N2O4S/c1-17-8-11-19(12-9-17)33(29,30)28-15-14-22-25(20-6-4-5-7-21(20)27-22)26(28)18-10-13-23(31-2)24(16-18)32-3/h4-13,16,26-27H,14-15H2,1-3H3. The number of aromatic nitrogens is 1. The lowest BCUT2D eigenvalue weighted by molar-refractivity contribution is 0.337. The van der Waals surface area contributed by atoms with Gasteiger partial charge in [0.25, 0.3) is 0 Å². The van der Waals surface area contributed by atoms with E-state index in [0.29, 0.717) is 29.4 Å². The van der Waals surface area contributed by atoms with E-state index in [2.05, 4.69) is 4.98 Å². The van der Waals surface area contributed by atoms with Gasteiger partial charge in [0.15, 0.2) is 11.5 Å². The molecule has 7 heteroatoms. The van der Waals surface area contributed by atoms with Gasteiger partial charge in [-0.3, -0.25) is 0 Å². The highest BCUT2D eigenvalue weighted by Gasteiger charge is 2.39. The molecule has 170 valence electrons. The number of hydrogen-bond acceptors (Lipinski definition) is 4. The molecule has 6 nitrogen and oxygen atoms in total. The summed E-state index contributed by atoms with van der Waals surface area (Å²) in [5, 5.41) is 1.02. The van der Waals surface area contributed by atoms with Gasteiger partial charge >= 0.3 is 0 Å². The van der Waals surface area contributed by atoms with E-state index in [1.807, 2.05) is 61.5 Å². The maximum Gasteiger partial charge on any atom is 0.243 e. The lowest BCUT2D eigenvalue weighted by atomic mass is 9.92. The number of aryl methyl sites for hydroxylation is 1. The highest BCUT2D eigenvalue weighted by molar-refractivity contribution is 7.89. The predicted molar refractivity (Wildman–Crippen MR) is 128 cm³/mol. The van der Waals surface area contributed by atoms with Crippen LogP contribution in [0.3, 0.4) is 0 Å². The monoisotopic (exact) mass is 462 g/mol. The molecule has 0 spiro atoms. The highest BCUT2D eigenvalue weighted by atomic mass is 32.2. The van der Waals surface area contributed by atoms with E-state index in [1.165, 1.54) is 0 Å². The topological polar surface area (TPSA) is 71.6 Å². The molecule has 0 radical (unpaired) electrons. The number of H-pyrrole nitrogens is 1. The molecule has 0 amide bonds. The van der Waals surface area contributed by atoms with Crippen molar-refractivity contribution in [1.29, 1.82) is 0 Å². The molecule has 1 aliphatic heterocycles. The fourth-order valence-corrected chi connectivity index (χ4v) is 6.27. The van der Waals surface area contributed by atoms with Crippen LogP contribution in [0.4, 0.5) is 0 Å². The number of sulfonamides is 1. The Bertz CT molecular complexity index is 1420. The Morgan fingerprint density at radius 3 is 2.39 bits per heavy atom. The summed E-state index contributed by atoms with van der Waals surface area (Å²) in [5.74, 6) is 1.17. The van der Waals surface area contributed by atoms with E-state index in [-0.39, 0.29) is 0 Å². The number of benzene rings is 3. The van der Waals surface area contributed by atoms with Crippen LogP contribution in [0.2, 0.25) is 0 Å². The molecule has 33 heavy (non-hydrogen) atoms. The average Bonchev–Trinajstić information content (AvgIpc) is 3.22. The third-order valence-electron chi connectivity index (χ3n) is 6.32. The van der Waals surface area contributed by atoms with E-state index in [1.54, 1.807) is 30.7 Å². The summed E-state index contributed by atoms with van der Waals surface area (Å²) in [7, 11) is -0.582. The van der Waals surface area contributed by atoms with Gasteiger partial charge in [0, 0.05) is 35.1 Å². The van der Waals surface area contributed by atoms with Crippen LogP contribution in [-0.4, -0.2) is 38.5 Å². The van der Waals surface area contributed by atoms with Crippen molar-refractivity contribution >= 4 is 20.9 Å². The normalized spacial score (nSPS) is 16.5. The average molecular weight is 463 g/mol. The Morgan fingerprint density at radius 2 is 1.67 bits per heavy atom. The molecule has 1 aliphatic rings. The number of hydrogen-bond donors (Lipinski definition) is 1. The van der Waals surface area contributed by atoms with Gasteiger partial charge < -0.3 is 14.5 Å². The summed E-state index contributed by atoms with van der Waals surface area (Å²) in [6.45, 7) is 2.32. The summed E-state index contributed by atoms with van der Waals surface area (Å²) in [6, 6.07) is 20.2. The molecule has 0 saturated heterocycles. The molecular weight excluding hydrogens is 436 g/mol. The fraction of sp³-hybridized carbons (Fsp3) is 0.231. The Balaban J connectivity index is 1.74. The van der Waals surface area contributed by atoms with Crippen molar-refractivity contribution in [3.8, 4) is 11.5 Å². The smallest absolute Gasteiger partial charge is 0.243 e. The maximum absolute atomic E-state index is 13.9. The van der Waals surface area contributed by atoms with Crippen LogP contribution in [0.1, 0.15) is 28.4 Å². The van der Waals surface area contributed by atoms with Crippen LogP contribution in [0.15, 0.2) is 71.6 Å². The minimum absolute atomic E-state index is 0.293. The van der Waals surface area contributed by atoms with E-state index in [4.69, 9.17) is 9.47 Å². The molecular formula is C26H26N2O4S. The van der Waals surface area contributed by atoms with Crippen LogP contribution in [0, 0.1) is 6.92 Å². The van der Waals surface area contributed by atoms with Crippen molar-refractivity contribution in [3.63, 3.8) is 0 Å². The molecule has 1 unspecified atom stereocenters. The SMILES string of the molecule is COc1ccc(C2c3c([nH]c4ccccc34)CCN2S(=O)(=O)c2ccc(C)cc2)cc1OC. The number of aromatic amines is 1. The van der Waals surface area contributed by atoms with Gasteiger partial charge in [0.1, 0.15) is 0 Å². The van der Waals surface area contributed by atoms with Crippen molar-refractivity contribution in [1.82, 2.24) is 9.29 Å². The molecule has 1 N–H and O–H groups in total. The van der Waals surface area contributed by atoms with Crippen LogP contribution < -0.4 is 9.47 Å². The zero-order valence-corrected chi connectivity index (χ0v) is 19.6. The first-order valence-electron chi connectivity index (χ1n) is 10.8. The lowest BCUT2D eigenvalue weighted by Gasteiger charge is -2.35. The molecule has 0 saturated carbocycles. The van der Waals surface area contributed by atoms with Crippen molar-refractivity contribution < 1.29 is 17.9 Å². The molecule has 1 aromatic heterocycles. The molecule has 0 aliphatic carbocycles. The van der Waals surface area contributed by atoms with Crippen molar-refractivity contribution in [2.45, 2.75) is 24.3 Å². The number of methoxy groups -OCH3 is 2. The first-order chi connectivity index (χ1) is 15.9. The molecule has 5 rings (SSSR count). The number of ether oxygens (including phenoxy) is 2. The number of nitrogens with one attached hydrogen (secondary N) is 1. The van der Waals surface area contributed by atoms with E-state index >= 15 is 0 Å². The highest BCUT2D eigenvalue weighted by Crippen LogP contribution is 2.44. The predicted octanol–water partition coefficient (Wildman–Crippen LogP) is 4.83. The summed E-state index contributed by atoms with van der Waals surface area (Å²) in [5.41, 5.74) is 4.89. The maximum atomic E-state index is 13.9. The Hall–Kier alpha value is -3.29. The van der Waals surface area contributed by atoms with Gasteiger partial charge in [0.05, 0.1) is 25.2 Å². The second-order valence-corrected chi connectivity index (χ2v) is 10.1. The molecule has 3 aromatic carbocycles. The Labute approximate surface area is 193 Å². The zero-order valence-electron chi connectivity index (χ0n) is 18.8. The minimum atomic E-state index is -3.75. The van der Waals surface area contributed by atoms with E-state index < -0.39 is 16.1 Å². The van der Waals surface area contributed by atoms with Crippen LogP contribution in [0.5, 0.6) is 11.5 Å². The van der Waals surface area contributed by atoms with Crippen LogP contribution >= 0.6 is 0 Å². The number of fused-ring (bicyclic) bond motifs is 3. The summed E-state index contributed by atoms with van der Waals surface area (Å²) in [6.07, 6.45) is 0.610. The molecule has 2 heterocycles. The van der Waals surface area contributed by atoms with Gasteiger partial charge in [0.2, 0.25) is 10.0 Å². The number of nitrogens with zero attached hydrogens (tertiary/aromatic N) is 1. The molecule has 1 atom stereocenters. The third-order valence-corrected chi connectivity index (χ3v) is 8.20. The molecule has 0 bridgehead atoms. The first kappa shape index (κ1) is 21.6. The minimum Gasteiger partial charge on any atom is -0.493 e. The van der Waals surface area contributed by atoms with Gasteiger partial charge in [-0.25, -0.2) is 8.42 Å². The van der Waals surface area contributed by atoms with Crippen LogP contribution in [0.25, 0.3) is 10.9 Å².